The third kappa shape index (κ3) is 4.57. The molecule has 0 radical (unpaired) electrons. The molecule has 0 aliphatic carbocycles. The van der Waals surface area contributed by atoms with Crippen molar-refractivity contribution in [1.82, 2.24) is 10.3 Å². The maximum atomic E-state index is 5.71. The van der Waals surface area contributed by atoms with Crippen molar-refractivity contribution in [3.8, 4) is 0 Å². The first-order valence-corrected chi connectivity index (χ1v) is 7.99. The Balaban J connectivity index is 1.91. The molecule has 1 aromatic rings. The highest BCUT2D eigenvalue weighted by Crippen LogP contribution is 2.24. The Kier molecular flexibility index (Phi) is 5.99. The number of pyridine rings is 1. The first-order chi connectivity index (χ1) is 9.69. The molecule has 0 aromatic carbocycles. The van der Waals surface area contributed by atoms with Crippen molar-refractivity contribution < 1.29 is 4.74 Å². The number of nitrogens with zero attached hydrogens (tertiary/aromatic N) is 1. The van der Waals surface area contributed by atoms with Crippen LogP contribution >= 0.6 is 0 Å². The predicted octanol–water partition coefficient (Wildman–Crippen LogP) is 3.70. The van der Waals surface area contributed by atoms with E-state index in [9.17, 15) is 0 Å². The molecule has 2 rings (SSSR count). The molecule has 0 spiro atoms. The van der Waals surface area contributed by atoms with Gasteiger partial charge in [0.05, 0.1) is 6.10 Å². The standard InChI is InChI=1S/C17H28N2O/c1-4-18-17(9-5-7-16-8-6-10-20-16)15-11-13(2)19-14(3)12-15/h11-12,16-18H,4-10H2,1-3H3. The SMILES string of the molecule is CCNC(CCCC1CCCO1)c1cc(C)nc(C)c1. The van der Waals surface area contributed by atoms with Crippen molar-refractivity contribution in [2.24, 2.45) is 0 Å². The fraction of sp³-hybridized carbons (Fsp3) is 0.706. The molecule has 112 valence electrons. The van der Waals surface area contributed by atoms with Crippen molar-refractivity contribution >= 4 is 0 Å². The molecular weight excluding hydrogens is 248 g/mol. The molecular formula is C17H28N2O. The van der Waals surface area contributed by atoms with E-state index in [-0.39, 0.29) is 0 Å². The fourth-order valence-electron chi connectivity index (χ4n) is 3.12. The number of hydrogen-bond donors (Lipinski definition) is 1. The lowest BCUT2D eigenvalue weighted by Gasteiger charge is -2.20. The van der Waals surface area contributed by atoms with E-state index >= 15 is 0 Å². The van der Waals surface area contributed by atoms with Crippen LogP contribution < -0.4 is 5.32 Å². The fourth-order valence-corrected chi connectivity index (χ4v) is 3.12. The molecule has 1 aromatic heterocycles. The molecule has 1 N–H and O–H groups in total. The zero-order valence-electron chi connectivity index (χ0n) is 13.1. The van der Waals surface area contributed by atoms with Crippen LogP contribution in [0.1, 0.15) is 62.0 Å². The van der Waals surface area contributed by atoms with E-state index in [0.29, 0.717) is 12.1 Å². The number of aryl methyl sites for hydroxylation is 2. The van der Waals surface area contributed by atoms with E-state index in [4.69, 9.17) is 4.74 Å². The van der Waals surface area contributed by atoms with Crippen LogP contribution in [0.15, 0.2) is 12.1 Å². The van der Waals surface area contributed by atoms with Crippen LogP contribution in [0.25, 0.3) is 0 Å². The molecule has 1 fully saturated rings. The maximum absolute atomic E-state index is 5.71. The third-order valence-electron chi connectivity index (χ3n) is 4.00. The van der Waals surface area contributed by atoms with Gasteiger partial charge in [-0.05, 0) is 70.2 Å². The maximum Gasteiger partial charge on any atom is 0.0576 e. The summed E-state index contributed by atoms with van der Waals surface area (Å²) >= 11 is 0. The van der Waals surface area contributed by atoms with Crippen LogP contribution in [-0.4, -0.2) is 24.2 Å². The van der Waals surface area contributed by atoms with E-state index < -0.39 is 0 Å². The van der Waals surface area contributed by atoms with Gasteiger partial charge in [-0.15, -0.1) is 0 Å². The predicted molar refractivity (Wildman–Crippen MR) is 83.0 cm³/mol. The molecule has 2 unspecified atom stereocenters. The van der Waals surface area contributed by atoms with Crippen molar-refractivity contribution in [3.05, 3.63) is 29.1 Å². The summed E-state index contributed by atoms with van der Waals surface area (Å²) in [6.07, 6.45) is 6.60. The van der Waals surface area contributed by atoms with Gasteiger partial charge in [-0.2, -0.15) is 0 Å². The average Bonchev–Trinajstić information content (AvgIpc) is 2.89. The summed E-state index contributed by atoms with van der Waals surface area (Å²) < 4.78 is 5.71. The van der Waals surface area contributed by atoms with Crippen LogP contribution in [0.5, 0.6) is 0 Å². The number of aromatic nitrogens is 1. The van der Waals surface area contributed by atoms with Gasteiger partial charge in [-0.1, -0.05) is 6.92 Å². The Bertz CT molecular complexity index is 393. The monoisotopic (exact) mass is 276 g/mol. The van der Waals surface area contributed by atoms with Gasteiger partial charge < -0.3 is 10.1 Å². The molecule has 20 heavy (non-hydrogen) atoms. The van der Waals surface area contributed by atoms with Gasteiger partial charge in [0.2, 0.25) is 0 Å². The summed E-state index contributed by atoms with van der Waals surface area (Å²) in [5.41, 5.74) is 3.60. The highest BCUT2D eigenvalue weighted by Gasteiger charge is 2.17. The lowest BCUT2D eigenvalue weighted by atomic mass is 9.98. The smallest absolute Gasteiger partial charge is 0.0576 e. The van der Waals surface area contributed by atoms with Crippen LogP contribution in [0.3, 0.4) is 0 Å². The van der Waals surface area contributed by atoms with Crippen molar-refractivity contribution in [2.45, 2.75) is 65.0 Å². The molecule has 2 heterocycles. The van der Waals surface area contributed by atoms with E-state index in [1.807, 2.05) is 0 Å². The van der Waals surface area contributed by atoms with Gasteiger partial charge in [0.15, 0.2) is 0 Å². The number of ether oxygens (including phenoxy) is 1. The zero-order valence-corrected chi connectivity index (χ0v) is 13.1. The van der Waals surface area contributed by atoms with Gasteiger partial charge in [0.1, 0.15) is 0 Å². The van der Waals surface area contributed by atoms with Crippen molar-refractivity contribution in [1.29, 1.82) is 0 Å². The summed E-state index contributed by atoms with van der Waals surface area (Å²) in [6.45, 7) is 8.29. The van der Waals surface area contributed by atoms with Crippen molar-refractivity contribution in [3.63, 3.8) is 0 Å². The van der Waals surface area contributed by atoms with Gasteiger partial charge in [-0.25, -0.2) is 0 Å². The second-order valence-electron chi connectivity index (χ2n) is 5.86. The zero-order chi connectivity index (χ0) is 14.4. The Hall–Kier alpha value is -0.930. The van der Waals surface area contributed by atoms with Gasteiger partial charge in [-0.3, -0.25) is 4.98 Å². The molecule has 0 amide bonds. The highest BCUT2D eigenvalue weighted by atomic mass is 16.5. The summed E-state index contributed by atoms with van der Waals surface area (Å²) in [4.78, 5) is 4.47. The molecule has 1 aliphatic rings. The van der Waals surface area contributed by atoms with E-state index in [0.717, 1.165) is 24.5 Å². The average molecular weight is 276 g/mol. The van der Waals surface area contributed by atoms with Gasteiger partial charge in [0, 0.05) is 24.0 Å². The Morgan fingerprint density at radius 1 is 1.35 bits per heavy atom. The van der Waals surface area contributed by atoms with E-state index in [2.05, 4.69) is 43.2 Å². The summed E-state index contributed by atoms with van der Waals surface area (Å²) in [5, 5.41) is 3.61. The Morgan fingerprint density at radius 3 is 2.70 bits per heavy atom. The largest absolute Gasteiger partial charge is 0.378 e. The molecule has 3 nitrogen and oxygen atoms in total. The van der Waals surface area contributed by atoms with Gasteiger partial charge in [0.25, 0.3) is 0 Å². The van der Waals surface area contributed by atoms with Crippen LogP contribution in [0.4, 0.5) is 0 Å². The quantitative estimate of drug-likeness (QED) is 0.824. The lowest BCUT2D eigenvalue weighted by molar-refractivity contribution is 0.101. The minimum absolute atomic E-state index is 0.446. The van der Waals surface area contributed by atoms with Crippen LogP contribution in [0.2, 0.25) is 0 Å². The summed E-state index contributed by atoms with van der Waals surface area (Å²) in [7, 11) is 0. The summed E-state index contributed by atoms with van der Waals surface area (Å²) in [5.74, 6) is 0. The second-order valence-corrected chi connectivity index (χ2v) is 5.86. The Labute approximate surface area is 123 Å². The van der Waals surface area contributed by atoms with Crippen molar-refractivity contribution in [2.75, 3.05) is 13.2 Å². The molecule has 3 heteroatoms. The first kappa shape index (κ1) is 15.5. The lowest BCUT2D eigenvalue weighted by Crippen LogP contribution is -2.21. The number of rotatable bonds is 7. The third-order valence-corrected chi connectivity index (χ3v) is 4.00. The Morgan fingerprint density at radius 2 is 2.10 bits per heavy atom. The van der Waals surface area contributed by atoms with Crippen LogP contribution in [0, 0.1) is 13.8 Å². The molecule has 2 atom stereocenters. The minimum Gasteiger partial charge on any atom is -0.378 e. The van der Waals surface area contributed by atoms with E-state index in [1.54, 1.807) is 0 Å². The van der Waals surface area contributed by atoms with E-state index in [1.165, 1.54) is 37.7 Å². The normalized spacial score (nSPS) is 20.2. The summed E-state index contributed by atoms with van der Waals surface area (Å²) in [6, 6.07) is 4.88. The molecule has 0 saturated carbocycles. The number of hydrogen-bond acceptors (Lipinski definition) is 3. The minimum atomic E-state index is 0.446. The van der Waals surface area contributed by atoms with Gasteiger partial charge >= 0.3 is 0 Å². The second kappa shape index (κ2) is 7.75. The molecule has 1 aliphatic heterocycles. The highest BCUT2D eigenvalue weighted by molar-refractivity contribution is 5.23. The molecule has 1 saturated heterocycles. The topological polar surface area (TPSA) is 34.1 Å². The molecule has 0 bridgehead atoms. The number of nitrogens with one attached hydrogen (secondary N) is 1. The van der Waals surface area contributed by atoms with Crippen LogP contribution in [-0.2, 0) is 4.74 Å². The first-order valence-electron chi connectivity index (χ1n) is 7.99.